The molecule has 0 radical (unpaired) electrons. The van der Waals surface area contributed by atoms with E-state index in [9.17, 15) is 19.1 Å². The number of aliphatic hydroxyl groups excluding tert-OH is 1. The monoisotopic (exact) mass is 258 g/mol. The molecule has 1 fully saturated rings. The van der Waals surface area contributed by atoms with E-state index >= 15 is 0 Å². The van der Waals surface area contributed by atoms with E-state index in [0.717, 1.165) is 16.8 Å². The molecular weight excluding hydrogens is 243 g/mol. The third kappa shape index (κ3) is 1.89. The highest BCUT2D eigenvalue weighted by atomic mass is 19.1. The van der Waals surface area contributed by atoms with Crippen molar-refractivity contribution in [2.24, 2.45) is 0 Å². The topological polar surface area (TPSA) is 84.3 Å². The van der Waals surface area contributed by atoms with Gasteiger partial charge in [-0.05, 0) is 13.3 Å². The zero-order chi connectivity index (χ0) is 13.5. The number of nitrogens with one attached hydrogen (secondary N) is 1. The number of H-pyrrole nitrogens is 1. The predicted molar refractivity (Wildman–Crippen MR) is 61.0 cm³/mol. The van der Waals surface area contributed by atoms with Crippen LogP contribution in [0.15, 0.2) is 21.9 Å². The summed E-state index contributed by atoms with van der Waals surface area (Å²) in [5.41, 5.74) is -2.37. The molecule has 1 aliphatic heterocycles. The molecule has 0 bridgehead atoms. The van der Waals surface area contributed by atoms with Gasteiger partial charge in [-0.3, -0.25) is 14.3 Å². The molecule has 7 heteroatoms. The highest BCUT2D eigenvalue weighted by Gasteiger charge is 2.52. The number of rotatable bonds is 2. The molecule has 0 spiro atoms. The van der Waals surface area contributed by atoms with E-state index < -0.39 is 35.4 Å². The molecule has 0 saturated carbocycles. The molecule has 100 valence electrons. The number of aromatic nitrogens is 2. The van der Waals surface area contributed by atoms with Crippen LogP contribution in [0.4, 0.5) is 4.39 Å². The second kappa shape index (κ2) is 4.33. The summed E-state index contributed by atoms with van der Waals surface area (Å²) in [6, 6.07) is 1.10. The van der Waals surface area contributed by atoms with Gasteiger partial charge in [0.25, 0.3) is 5.56 Å². The van der Waals surface area contributed by atoms with E-state index in [4.69, 9.17) is 4.74 Å². The van der Waals surface area contributed by atoms with Gasteiger partial charge in [-0.2, -0.15) is 0 Å². The molecule has 0 amide bonds. The number of hydrogen-bond donors (Lipinski definition) is 2. The summed E-state index contributed by atoms with van der Waals surface area (Å²) >= 11 is 0. The van der Waals surface area contributed by atoms with Crippen molar-refractivity contribution in [3.05, 3.63) is 33.1 Å². The molecule has 2 heterocycles. The summed E-state index contributed by atoms with van der Waals surface area (Å²) in [6.45, 7) is 3.34. The first-order valence-electron chi connectivity index (χ1n) is 5.70. The Morgan fingerprint density at radius 3 is 2.78 bits per heavy atom. The second-order valence-electron chi connectivity index (χ2n) is 4.58. The highest BCUT2D eigenvalue weighted by molar-refractivity contribution is 4.99. The lowest BCUT2D eigenvalue weighted by molar-refractivity contribution is -0.0944. The molecule has 4 atom stereocenters. The van der Waals surface area contributed by atoms with Crippen LogP contribution in [0, 0.1) is 0 Å². The van der Waals surface area contributed by atoms with Crippen molar-refractivity contribution in [3.8, 4) is 0 Å². The Balaban J connectivity index is 2.41. The average molecular weight is 258 g/mol. The molecule has 1 aromatic heterocycles. The van der Waals surface area contributed by atoms with Crippen LogP contribution in [0.3, 0.4) is 0 Å². The van der Waals surface area contributed by atoms with E-state index in [0.29, 0.717) is 6.42 Å². The van der Waals surface area contributed by atoms with Gasteiger partial charge in [0.05, 0.1) is 5.60 Å². The number of ether oxygens (including phenoxy) is 1. The average Bonchev–Trinajstić information content (AvgIpc) is 2.55. The van der Waals surface area contributed by atoms with E-state index in [2.05, 4.69) is 0 Å². The van der Waals surface area contributed by atoms with Gasteiger partial charge >= 0.3 is 5.69 Å². The molecule has 0 aliphatic carbocycles. The molecule has 1 aliphatic rings. The standard InChI is InChI=1S/C11H15FN2O4/c1-3-11(2)8(16)7(12)9(18-11)14-5-4-6(15)13-10(14)17/h4-5,7-9,16H,3H2,1-2H3,(H,13,15,17)/t7-,8?,9+,11+/m0/s1. The smallest absolute Gasteiger partial charge is 0.330 e. The summed E-state index contributed by atoms with van der Waals surface area (Å²) in [7, 11) is 0. The van der Waals surface area contributed by atoms with E-state index in [1.54, 1.807) is 13.8 Å². The first kappa shape index (κ1) is 13.0. The molecule has 1 aromatic rings. The largest absolute Gasteiger partial charge is 0.387 e. The van der Waals surface area contributed by atoms with Crippen molar-refractivity contribution >= 4 is 0 Å². The fraction of sp³-hybridized carbons (Fsp3) is 0.636. The fourth-order valence-corrected chi connectivity index (χ4v) is 2.03. The number of aromatic amines is 1. The summed E-state index contributed by atoms with van der Waals surface area (Å²) < 4.78 is 20.4. The van der Waals surface area contributed by atoms with Crippen LogP contribution in [0.1, 0.15) is 26.5 Å². The molecule has 0 aromatic carbocycles. The van der Waals surface area contributed by atoms with Gasteiger partial charge < -0.3 is 9.84 Å². The number of alkyl halides is 1. The first-order valence-corrected chi connectivity index (χ1v) is 5.70. The molecule has 18 heavy (non-hydrogen) atoms. The third-order valence-electron chi connectivity index (χ3n) is 3.42. The predicted octanol–water partition coefficient (Wildman–Crippen LogP) is -0.0669. The minimum Gasteiger partial charge on any atom is -0.387 e. The van der Waals surface area contributed by atoms with Crippen LogP contribution in [0.5, 0.6) is 0 Å². The van der Waals surface area contributed by atoms with Crippen molar-refractivity contribution in [2.45, 2.75) is 44.4 Å². The number of halogens is 1. The van der Waals surface area contributed by atoms with Gasteiger partial charge in [-0.15, -0.1) is 0 Å². The number of aliphatic hydroxyl groups is 1. The lowest BCUT2D eigenvalue weighted by atomic mass is 9.95. The highest BCUT2D eigenvalue weighted by Crippen LogP contribution is 2.39. The first-order chi connectivity index (χ1) is 8.39. The fourth-order valence-electron chi connectivity index (χ4n) is 2.03. The summed E-state index contributed by atoms with van der Waals surface area (Å²) in [6.07, 6.45) is -2.70. The van der Waals surface area contributed by atoms with Crippen LogP contribution >= 0.6 is 0 Å². The maximum absolute atomic E-state index is 14.0. The molecule has 2 rings (SSSR count). The van der Waals surface area contributed by atoms with Crippen molar-refractivity contribution in [3.63, 3.8) is 0 Å². The van der Waals surface area contributed by atoms with Crippen LogP contribution in [0.2, 0.25) is 0 Å². The Bertz CT molecular complexity index is 554. The summed E-state index contributed by atoms with van der Waals surface area (Å²) in [5.74, 6) is 0. The van der Waals surface area contributed by atoms with Crippen LogP contribution < -0.4 is 11.2 Å². The van der Waals surface area contributed by atoms with Gasteiger partial charge in [0, 0.05) is 12.3 Å². The Hall–Kier alpha value is -1.47. The lowest BCUT2D eigenvalue weighted by Gasteiger charge is -2.25. The normalized spacial score (nSPS) is 35.9. The van der Waals surface area contributed by atoms with Gasteiger partial charge in [0.15, 0.2) is 12.4 Å². The molecule has 1 saturated heterocycles. The lowest BCUT2D eigenvalue weighted by Crippen LogP contribution is -2.38. The molecule has 1 unspecified atom stereocenters. The van der Waals surface area contributed by atoms with Crippen molar-refractivity contribution < 1.29 is 14.2 Å². The van der Waals surface area contributed by atoms with Crippen LogP contribution in [0.25, 0.3) is 0 Å². The molecular formula is C11H15FN2O4. The Labute approximate surface area is 102 Å². The second-order valence-corrected chi connectivity index (χ2v) is 4.58. The zero-order valence-corrected chi connectivity index (χ0v) is 10.1. The van der Waals surface area contributed by atoms with Crippen molar-refractivity contribution in [1.29, 1.82) is 0 Å². The number of nitrogens with zero attached hydrogens (tertiary/aromatic N) is 1. The van der Waals surface area contributed by atoms with Crippen LogP contribution in [-0.4, -0.2) is 32.5 Å². The molecule has 6 nitrogen and oxygen atoms in total. The van der Waals surface area contributed by atoms with Gasteiger partial charge in [0.2, 0.25) is 0 Å². The maximum atomic E-state index is 14.0. The Kier molecular flexibility index (Phi) is 3.12. The van der Waals surface area contributed by atoms with Gasteiger partial charge in [0.1, 0.15) is 6.10 Å². The maximum Gasteiger partial charge on any atom is 0.330 e. The minimum absolute atomic E-state index is 0.406. The van der Waals surface area contributed by atoms with Gasteiger partial charge in [-0.25, -0.2) is 9.18 Å². The number of hydrogen-bond acceptors (Lipinski definition) is 4. The van der Waals surface area contributed by atoms with Crippen molar-refractivity contribution in [1.82, 2.24) is 9.55 Å². The van der Waals surface area contributed by atoms with E-state index in [1.165, 1.54) is 0 Å². The summed E-state index contributed by atoms with van der Waals surface area (Å²) in [4.78, 5) is 24.5. The molecule has 2 N–H and O–H groups in total. The Morgan fingerprint density at radius 1 is 1.61 bits per heavy atom. The van der Waals surface area contributed by atoms with Crippen LogP contribution in [-0.2, 0) is 4.74 Å². The minimum atomic E-state index is -1.72. The third-order valence-corrected chi connectivity index (χ3v) is 3.42. The van der Waals surface area contributed by atoms with E-state index in [-0.39, 0.29) is 0 Å². The SMILES string of the molecule is CC[C@@]1(C)O[C@@H](n2ccc(=O)[nH]c2=O)[C@@H](F)C1O. The zero-order valence-electron chi connectivity index (χ0n) is 10.1. The van der Waals surface area contributed by atoms with Gasteiger partial charge in [-0.1, -0.05) is 6.92 Å². The Morgan fingerprint density at radius 2 is 2.28 bits per heavy atom. The quantitative estimate of drug-likeness (QED) is 0.778. The van der Waals surface area contributed by atoms with Crippen molar-refractivity contribution in [2.75, 3.05) is 0 Å². The summed E-state index contributed by atoms with van der Waals surface area (Å²) in [5, 5.41) is 9.81. The van der Waals surface area contributed by atoms with E-state index in [1.807, 2.05) is 4.98 Å².